The summed E-state index contributed by atoms with van der Waals surface area (Å²) in [6.45, 7) is 1.85. The van der Waals surface area contributed by atoms with E-state index >= 15 is 0 Å². The Morgan fingerprint density at radius 2 is 1.57 bits per heavy atom. The van der Waals surface area contributed by atoms with Crippen LogP contribution in [0.5, 0.6) is 0 Å². The molecule has 144 valence electrons. The van der Waals surface area contributed by atoms with Crippen molar-refractivity contribution in [2.24, 2.45) is 0 Å². The monoisotopic (exact) mass is 434 g/mol. The highest BCUT2D eigenvalue weighted by atomic mass is 35.5. The van der Waals surface area contributed by atoms with Crippen molar-refractivity contribution in [1.29, 1.82) is 0 Å². The number of para-hydroxylation sites is 1. The van der Waals surface area contributed by atoms with E-state index in [1.54, 1.807) is 48.5 Å². The lowest BCUT2D eigenvalue weighted by atomic mass is 10.2. The third-order valence-electron chi connectivity index (χ3n) is 3.94. The highest BCUT2D eigenvalue weighted by Gasteiger charge is 2.20. The van der Waals surface area contributed by atoms with Gasteiger partial charge in [-0.1, -0.05) is 47.5 Å². The maximum absolute atomic E-state index is 12.7. The van der Waals surface area contributed by atoms with Gasteiger partial charge >= 0.3 is 0 Å². The van der Waals surface area contributed by atoms with Gasteiger partial charge in [0.15, 0.2) is 0 Å². The molecule has 1 amide bonds. The molecule has 3 rings (SSSR count). The molecule has 0 aromatic heterocycles. The van der Waals surface area contributed by atoms with E-state index in [2.05, 4.69) is 10.0 Å². The van der Waals surface area contributed by atoms with Gasteiger partial charge in [-0.2, -0.15) is 0 Å². The predicted octanol–water partition coefficient (Wildman–Crippen LogP) is 5.35. The van der Waals surface area contributed by atoms with E-state index in [4.69, 9.17) is 23.2 Å². The van der Waals surface area contributed by atoms with Crippen LogP contribution in [0.25, 0.3) is 0 Å². The molecule has 0 saturated heterocycles. The van der Waals surface area contributed by atoms with Crippen molar-refractivity contribution in [2.75, 3.05) is 10.0 Å². The van der Waals surface area contributed by atoms with Gasteiger partial charge in [0.1, 0.15) is 4.90 Å². The molecule has 3 aromatic carbocycles. The average molecular weight is 435 g/mol. The molecule has 0 heterocycles. The summed E-state index contributed by atoms with van der Waals surface area (Å²) in [7, 11) is -3.97. The van der Waals surface area contributed by atoms with Crippen molar-refractivity contribution in [3.63, 3.8) is 0 Å². The van der Waals surface area contributed by atoms with Crippen LogP contribution < -0.4 is 10.0 Å². The number of hydrogen-bond donors (Lipinski definition) is 2. The van der Waals surface area contributed by atoms with Gasteiger partial charge in [0.2, 0.25) is 0 Å². The van der Waals surface area contributed by atoms with E-state index in [-0.39, 0.29) is 15.5 Å². The van der Waals surface area contributed by atoms with E-state index in [1.165, 1.54) is 18.2 Å². The smallest absolute Gasteiger partial charge is 0.263 e. The van der Waals surface area contributed by atoms with E-state index in [0.717, 1.165) is 5.56 Å². The topological polar surface area (TPSA) is 75.3 Å². The van der Waals surface area contributed by atoms with Crippen molar-refractivity contribution >= 4 is 50.5 Å². The molecule has 2 N–H and O–H groups in total. The number of carbonyl (C=O) groups excluding carboxylic acids is 1. The lowest BCUT2D eigenvalue weighted by molar-refractivity contribution is 0.102. The standard InChI is InChI=1S/C20H16Cl2N2O3S/c1-13-7-9-16(12-18(13)22)23-20(25)14-8-10-17(21)19(11-14)28(26,27)24-15-5-3-2-4-6-15/h2-12,24H,1H3,(H,23,25). The van der Waals surface area contributed by atoms with E-state index in [0.29, 0.717) is 16.4 Å². The zero-order chi connectivity index (χ0) is 20.3. The molecule has 0 aliphatic rings. The van der Waals surface area contributed by atoms with Crippen molar-refractivity contribution in [2.45, 2.75) is 11.8 Å². The number of hydrogen-bond acceptors (Lipinski definition) is 3. The van der Waals surface area contributed by atoms with Crippen LogP contribution >= 0.6 is 23.2 Å². The van der Waals surface area contributed by atoms with Crippen LogP contribution in [-0.4, -0.2) is 14.3 Å². The minimum absolute atomic E-state index is 0.0124. The van der Waals surface area contributed by atoms with Gasteiger partial charge in [-0.25, -0.2) is 8.42 Å². The summed E-state index contributed by atoms with van der Waals surface area (Å²) in [6.07, 6.45) is 0. The zero-order valence-electron chi connectivity index (χ0n) is 14.7. The highest BCUT2D eigenvalue weighted by Crippen LogP contribution is 2.26. The fourth-order valence-electron chi connectivity index (χ4n) is 2.44. The number of aryl methyl sites for hydroxylation is 1. The third kappa shape index (κ3) is 4.65. The predicted molar refractivity (Wildman–Crippen MR) is 113 cm³/mol. The molecule has 0 saturated carbocycles. The molecule has 0 bridgehead atoms. The molecule has 0 atom stereocenters. The molecular formula is C20H16Cl2N2O3S. The first-order valence-corrected chi connectivity index (χ1v) is 10.4. The Morgan fingerprint density at radius 3 is 2.25 bits per heavy atom. The second-order valence-electron chi connectivity index (χ2n) is 6.03. The molecule has 8 heteroatoms. The van der Waals surface area contributed by atoms with Crippen LogP contribution in [0.1, 0.15) is 15.9 Å². The van der Waals surface area contributed by atoms with E-state index in [1.807, 2.05) is 6.92 Å². The van der Waals surface area contributed by atoms with E-state index in [9.17, 15) is 13.2 Å². The SMILES string of the molecule is Cc1ccc(NC(=O)c2ccc(Cl)c(S(=O)(=O)Nc3ccccc3)c2)cc1Cl. The van der Waals surface area contributed by atoms with Gasteiger partial charge < -0.3 is 5.32 Å². The van der Waals surface area contributed by atoms with Gasteiger partial charge in [-0.05, 0) is 55.0 Å². The number of sulfonamides is 1. The summed E-state index contributed by atoms with van der Waals surface area (Å²) >= 11 is 12.2. The molecule has 0 aliphatic heterocycles. The van der Waals surface area contributed by atoms with Crippen molar-refractivity contribution in [3.05, 3.63) is 87.9 Å². The van der Waals surface area contributed by atoms with Crippen molar-refractivity contribution < 1.29 is 13.2 Å². The highest BCUT2D eigenvalue weighted by molar-refractivity contribution is 7.92. The first-order valence-electron chi connectivity index (χ1n) is 8.21. The Hall–Kier alpha value is -2.54. The van der Waals surface area contributed by atoms with Crippen molar-refractivity contribution in [3.8, 4) is 0 Å². The lowest BCUT2D eigenvalue weighted by Gasteiger charge is -2.12. The maximum atomic E-state index is 12.7. The molecular weight excluding hydrogens is 419 g/mol. The molecule has 0 aliphatic carbocycles. The molecule has 0 spiro atoms. The number of carbonyl (C=O) groups is 1. The number of halogens is 2. The normalized spacial score (nSPS) is 11.1. The molecule has 3 aromatic rings. The fraction of sp³-hybridized carbons (Fsp3) is 0.0500. The van der Waals surface area contributed by atoms with Gasteiger partial charge in [0.25, 0.3) is 15.9 Å². The van der Waals surface area contributed by atoms with Crippen LogP contribution in [0.2, 0.25) is 10.0 Å². The van der Waals surface area contributed by atoms with Crippen molar-refractivity contribution in [1.82, 2.24) is 0 Å². The van der Waals surface area contributed by atoms with Crippen LogP contribution in [0.4, 0.5) is 11.4 Å². The van der Waals surface area contributed by atoms with E-state index < -0.39 is 15.9 Å². The zero-order valence-corrected chi connectivity index (χ0v) is 17.1. The third-order valence-corrected chi connectivity index (χ3v) is 6.21. The quantitative estimate of drug-likeness (QED) is 0.567. The summed E-state index contributed by atoms with van der Waals surface area (Å²) in [5.41, 5.74) is 1.92. The molecule has 0 fully saturated rings. The van der Waals surface area contributed by atoms with Gasteiger partial charge in [-0.15, -0.1) is 0 Å². The summed E-state index contributed by atoms with van der Waals surface area (Å²) in [6, 6.07) is 17.6. The largest absolute Gasteiger partial charge is 0.322 e. The van der Waals surface area contributed by atoms with Gasteiger partial charge in [0.05, 0.1) is 5.02 Å². The summed E-state index contributed by atoms with van der Waals surface area (Å²) < 4.78 is 27.8. The maximum Gasteiger partial charge on any atom is 0.263 e. The molecule has 0 radical (unpaired) electrons. The van der Waals surface area contributed by atoms with Crippen LogP contribution in [-0.2, 0) is 10.0 Å². The molecule has 0 unspecified atom stereocenters. The number of anilines is 2. The van der Waals surface area contributed by atoms with Gasteiger partial charge in [0, 0.05) is 22.0 Å². The Morgan fingerprint density at radius 1 is 0.857 bits per heavy atom. The number of rotatable bonds is 5. The molecule has 28 heavy (non-hydrogen) atoms. The van der Waals surface area contributed by atoms with Gasteiger partial charge in [-0.3, -0.25) is 9.52 Å². The first-order chi connectivity index (χ1) is 13.3. The number of benzene rings is 3. The summed E-state index contributed by atoms with van der Waals surface area (Å²) in [5.74, 6) is -0.479. The lowest BCUT2D eigenvalue weighted by Crippen LogP contribution is -2.16. The van der Waals surface area contributed by atoms with Crippen LogP contribution in [0.3, 0.4) is 0 Å². The second kappa shape index (κ2) is 8.22. The van der Waals surface area contributed by atoms with Crippen LogP contribution in [0.15, 0.2) is 71.6 Å². The Bertz CT molecular complexity index is 1130. The Balaban J connectivity index is 1.88. The molecule has 5 nitrogen and oxygen atoms in total. The number of nitrogens with one attached hydrogen (secondary N) is 2. The Labute approximate surface area is 173 Å². The number of amides is 1. The summed E-state index contributed by atoms with van der Waals surface area (Å²) in [5, 5.41) is 3.22. The Kier molecular flexibility index (Phi) is 5.93. The average Bonchev–Trinajstić information content (AvgIpc) is 2.65. The summed E-state index contributed by atoms with van der Waals surface area (Å²) in [4.78, 5) is 12.4. The first kappa shape index (κ1) is 20.2. The fourth-order valence-corrected chi connectivity index (χ4v) is 4.21. The minimum atomic E-state index is -3.97. The van der Waals surface area contributed by atoms with Crippen LogP contribution in [0, 0.1) is 6.92 Å². The second-order valence-corrected chi connectivity index (χ2v) is 8.50. The minimum Gasteiger partial charge on any atom is -0.322 e.